The highest BCUT2D eigenvalue weighted by Crippen LogP contribution is 2.19. The zero-order valence-electron chi connectivity index (χ0n) is 11.6. The second-order valence-corrected chi connectivity index (χ2v) is 5.48. The van der Waals surface area contributed by atoms with Crippen LogP contribution in [0.25, 0.3) is 11.1 Å². The van der Waals surface area contributed by atoms with Gasteiger partial charge in [0.25, 0.3) is 0 Å². The molecule has 0 spiro atoms. The lowest BCUT2D eigenvalue weighted by Crippen LogP contribution is -2.34. The average Bonchev–Trinajstić information content (AvgIpc) is 2.39. The summed E-state index contributed by atoms with van der Waals surface area (Å²) in [5.74, 6) is 0. The maximum absolute atomic E-state index is 9.63. The van der Waals surface area contributed by atoms with Crippen molar-refractivity contribution in [2.24, 2.45) is 0 Å². The van der Waals surface area contributed by atoms with Crippen molar-refractivity contribution >= 4 is 0 Å². The molecule has 0 heterocycles. The molecule has 2 heteroatoms. The molecule has 0 aromatic heterocycles. The van der Waals surface area contributed by atoms with E-state index in [1.807, 2.05) is 18.2 Å². The van der Waals surface area contributed by atoms with Gasteiger partial charge in [-0.25, -0.2) is 0 Å². The van der Waals surface area contributed by atoms with E-state index in [0.29, 0.717) is 6.54 Å². The van der Waals surface area contributed by atoms with Crippen LogP contribution < -0.4 is 5.32 Å². The molecular weight excluding hydrogens is 234 g/mol. The molecule has 0 radical (unpaired) electrons. The molecule has 2 aromatic rings. The molecule has 2 rings (SSSR count). The maximum Gasteiger partial charge on any atom is 0.0715 e. The van der Waals surface area contributed by atoms with Crippen LogP contribution in [0.1, 0.15) is 19.4 Å². The van der Waals surface area contributed by atoms with Gasteiger partial charge in [0, 0.05) is 13.1 Å². The summed E-state index contributed by atoms with van der Waals surface area (Å²) in [7, 11) is 0. The largest absolute Gasteiger partial charge is 0.389 e. The van der Waals surface area contributed by atoms with Gasteiger partial charge in [0.2, 0.25) is 0 Å². The summed E-state index contributed by atoms with van der Waals surface area (Å²) >= 11 is 0. The highest BCUT2D eigenvalue weighted by molar-refractivity contribution is 5.63. The molecule has 2 N–H and O–H groups in total. The van der Waals surface area contributed by atoms with Gasteiger partial charge in [-0.2, -0.15) is 0 Å². The van der Waals surface area contributed by atoms with Crippen molar-refractivity contribution in [2.45, 2.75) is 26.0 Å². The molecule has 0 atom stereocenters. The number of benzene rings is 2. The normalized spacial score (nSPS) is 11.5. The first-order chi connectivity index (χ1) is 9.04. The number of hydrogen-bond donors (Lipinski definition) is 2. The molecule has 0 saturated carbocycles. The van der Waals surface area contributed by atoms with Gasteiger partial charge in [-0.05, 0) is 30.5 Å². The van der Waals surface area contributed by atoms with Gasteiger partial charge in [0.15, 0.2) is 0 Å². The van der Waals surface area contributed by atoms with E-state index in [2.05, 4.69) is 41.7 Å². The van der Waals surface area contributed by atoms with Crippen LogP contribution in [0.4, 0.5) is 0 Å². The van der Waals surface area contributed by atoms with Gasteiger partial charge in [0.1, 0.15) is 0 Å². The first-order valence-corrected chi connectivity index (χ1v) is 6.62. The van der Waals surface area contributed by atoms with Crippen LogP contribution in [-0.4, -0.2) is 17.3 Å². The fraction of sp³-hybridized carbons (Fsp3) is 0.294. The van der Waals surface area contributed by atoms with Crippen LogP contribution in [0.2, 0.25) is 0 Å². The summed E-state index contributed by atoms with van der Waals surface area (Å²) in [6.45, 7) is 4.98. The fourth-order valence-corrected chi connectivity index (χ4v) is 1.96. The molecule has 2 nitrogen and oxygen atoms in total. The standard InChI is InChI=1S/C17H21NO/c1-17(2,19)13-18-12-14-8-10-16(11-9-14)15-6-4-3-5-7-15/h3-11,18-19H,12-13H2,1-2H3. The van der Waals surface area contributed by atoms with E-state index in [4.69, 9.17) is 0 Å². The van der Waals surface area contributed by atoms with E-state index in [-0.39, 0.29) is 0 Å². The topological polar surface area (TPSA) is 32.3 Å². The van der Waals surface area contributed by atoms with Gasteiger partial charge in [-0.15, -0.1) is 0 Å². The van der Waals surface area contributed by atoms with Crippen molar-refractivity contribution < 1.29 is 5.11 Å². The third-order valence-electron chi connectivity index (χ3n) is 2.95. The number of nitrogens with one attached hydrogen (secondary N) is 1. The highest BCUT2D eigenvalue weighted by atomic mass is 16.3. The van der Waals surface area contributed by atoms with Crippen molar-refractivity contribution in [3.8, 4) is 11.1 Å². The molecule has 0 aliphatic heterocycles. The zero-order chi connectivity index (χ0) is 13.7. The Morgan fingerprint density at radius 3 is 2.05 bits per heavy atom. The quantitative estimate of drug-likeness (QED) is 0.860. The molecule has 0 amide bonds. The number of rotatable bonds is 5. The molecule has 0 saturated heterocycles. The Bertz CT molecular complexity index is 497. The average molecular weight is 255 g/mol. The fourth-order valence-electron chi connectivity index (χ4n) is 1.96. The lowest BCUT2D eigenvalue weighted by Gasteiger charge is -2.17. The Hall–Kier alpha value is -1.64. The Morgan fingerprint density at radius 2 is 1.47 bits per heavy atom. The Balaban J connectivity index is 1.96. The van der Waals surface area contributed by atoms with Crippen molar-refractivity contribution in [1.29, 1.82) is 0 Å². The molecule has 0 aliphatic carbocycles. The first kappa shape index (κ1) is 13.8. The van der Waals surface area contributed by atoms with Gasteiger partial charge >= 0.3 is 0 Å². The third-order valence-corrected chi connectivity index (χ3v) is 2.95. The lowest BCUT2D eigenvalue weighted by molar-refractivity contribution is 0.0795. The minimum atomic E-state index is -0.663. The molecular formula is C17H21NO. The second-order valence-electron chi connectivity index (χ2n) is 5.48. The van der Waals surface area contributed by atoms with Gasteiger partial charge < -0.3 is 10.4 Å². The molecule has 2 aromatic carbocycles. The molecule has 100 valence electrons. The van der Waals surface area contributed by atoms with Gasteiger partial charge in [0.05, 0.1) is 5.60 Å². The Kier molecular flexibility index (Phi) is 4.35. The summed E-state index contributed by atoms with van der Waals surface area (Å²) in [4.78, 5) is 0. The summed E-state index contributed by atoms with van der Waals surface area (Å²) < 4.78 is 0. The summed E-state index contributed by atoms with van der Waals surface area (Å²) in [6, 6.07) is 18.9. The summed E-state index contributed by atoms with van der Waals surface area (Å²) in [5, 5.41) is 12.9. The number of aliphatic hydroxyl groups is 1. The molecule has 0 bridgehead atoms. The van der Waals surface area contributed by atoms with Gasteiger partial charge in [-0.1, -0.05) is 54.6 Å². The SMILES string of the molecule is CC(C)(O)CNCc1ccc(-c2ccccc2)cc1. The van der Waals surface area contributed by atoms with E-state index in [0.717, 1.165) is 6.54 Å². The smallest absolute Gasteiger partial charge is 0.0715 e. The van der Waals surface area contributed by atoms with Crippen LogP contribution in [0.3, 0.4) is 0 Å². The summed E-state index contributed by atoms with van der Waals surface area (Å²) in [6.07, 6.45) is 0. The molecule has 19 heavy (non-hydrogen) atoms. The highest BCUT2D eigenvalue weighted by Gasteiger charge is 2.10. The van der Waals surface area contributed by atoms with Gasteiger partial charge in [-0.3, -0.25) is 0 Å². The van der Waals surface area contributed by atoms with Crippen molar-refractivity contribution in [1.82, 2.24) is 5.32 Å². The van der Waals surface area contributed by atoms with Crippen molar-refractivity contribution in [2.75, 3.05) is 6.54 Å². The lowest BCUT2D eigenvalue weighted by atomic mass is 10.0. The van der Waals surface area contributed by atoms with E-state index < -0.39 is 5.60 Å². The van der Waals surface area contributed by atoms with E-state index >= 15 is 0 Å². The van der Waals surface area contributed by atoms with E-state index in [9.17, 15) is 5.11 Å². The Labute approximate surface area is 115 Å². The monoisotopic (exact) mass is 255 g/mol. The molecule has 0 aliphatic rings. The van der Waals surface area contributed by atoms with Crippen LogP contribution in [0.5, 0.6) is 0 Å². The van der Waals surface area contributed by atoms with Crippen molar-refractivity contribution in [3.63, 3.8) is 0 Å². The Morgan fingerprint density at radius 1 is 0.895 bits per heavy atom. The molecule has 0 unspecified atom stereocenters. The van der Waals surface area contributed by atoms with Crippen LogP contribution >= 0.6 is 0 Å². The van der Waals surface area contributed by atoms with Crippen LogP contribution in [0.15, 0.2) is 54.6 Å². The predicted octanol–water partition coefficient (Wildman–Crippen LogP) is 3.21. The van der Waals surface area contributed by atoms with Crippen molar-refractivity contribution in [3.05, 3.63) is 60.2 Å². The zero-order valence-corrected chi connectivity index (χ0v) is 11.6. The third kappa shape index (κ3) is 4.51. The minimum Gasteiger partial charge on any atom is -0.389 e. The van der Waals surface area contributed by atoms with E-state index in [1.165, 1.54) is 16.7 Å². The maximum atomic E-state index is 9.63. The predicted molar refractivity (Wildman–Crippen MR) is 79.9 cm³/mol. The first-order valence-electron chi connectivity index (χ1n) is 6.62. The summed E-state index contributed by atoms with van der Waals surface area (Å²) in [5.41, 5.74) is 3.03. The van der Waals surface area contributed by atoms with Crippen LogP contribution in [-0.2, 0) is 6.54 Å². The van der Waals surface area contributed by atoms with E-state index in [1.54, 1.807) is 13.8 Å². The second kappa shape index (κ2) is 6.00. The minimum absolute atomic E-state index is 0.591. The number of hydrogen-bond acceptors (Lipinski definition) is 2. The molecule has 0 fully saturated rings. The van der Waals surface area contributed by atoms with Crippen LogP contribution in [0, 0.1) is 0 Å².